The summed E-state index contributed by atoms with van der Waals surface area (Å²) in [5.74, 6) is -0.859. The number of para-hydroxylation sites is 1. The highest BCUT2D eigenvalue weighted by Gasteiger charge is 2.34. The molecule has 0 saturated heterocycles. The number of nitrogens with one attached hydrogen (secondary N) is 1. The first-order valence-corrected chi connectivity index (χ1v) is 15.4. The number of nitrogens with zero attached hydrogens (tertiary/aromatic N) is 2. The van der Waals surface area contributed by atoms with Gasteiger partial charge in [0.25, 0.3) is 10.0 Å². The molecule has 7 nitrogen and oxygen atoms in total. The molecule has 1 saturated carbocycles. The number of aryl methyl sites for hydroxylation is 1. The molecule has 4 rings (SSSR count). The molecule has 1 fully saturated rings. The van der Waals surface area contributed by atoms with Gasteiger partial charge in [0, 0.05) is 17.6 Å². The summed E-state index contributed by atoms with van der Waals surface area (Å²) < 4.78 is 28.8. The van der Waals surface area contributed by atoms with Crippen molar-refractivity contribution in [2.24, 2.45) is 0 Å². The highest BCUT2D eigenvalue weighted by atomic mass is 35.5. The maximum absolute atomic E-state index is 14.0. The summed E-state index contributed by atoms with van der Waals surface area (Å²) in [5.41, 5.74) is 1.70. The van der Waals surface area contributed by atoms with Crippen molar-refractivity contribution in [3.05, 3.63) is 94.0 Å². The van der Waals surface area contributed by atoms with Crippen LogP contribution in [0, 0.1) is 6.92 Å². The third-order valence-electron chi connectivity index (χ3n) is 7.18. The van der Waals surface area contributed by atoms with Crippen molar-refractivity contribution in [1.82, 2.24) is 10.2 Å². The Kier molecular flexibility index (Phi) is 9.77. The van der Waals surface area contributed by atoms with E-state index in [1.807, 2.05) is 6.92 Å². The number of hydrogen-bond donors (Lipinski definition) is 1. The highest BCUT2D eigenvalue weighted by Crippen LogP contribution is 2.31. The van der Waals surface area contributed by atoms with Gasteiger partial charge < -0.3 is 10.2 Å². The van der Waals surface area contributed by atoms with Gasteiger partial charge in [0.15, 0.2) is 0 Å². The second-order valence-electron chi connectivity index (χ2n) is 10.1. The van der Waals surface area contributed by atoms with E-state index >= 15 is 0 Å². The van der Waals surface area contributed by atoms with Gasteiger partial charge in [-0.1, -0.05) is 84.1 Å². The van der Waals surface area contributed by atoms with Crippen LogP contribution in [0.3, 0.4) is 0 Å². The minimum atomic E-state index is -4.19. The van der Waals surface area contributed by atoms with E-state index < -0.39 is 28.5 Å². The van der Waals surface area contributed by atoms with Crippen LogP contribution in [-0.2, 0) is 26.2 Å². The number of sulfonamides is 1. The summed E-state index contributed by atoms with van der Waals surface area (Å²) in [6, 6.07) is 19.1. The third-order valence-corrected chi connectivity index (χ3v) is 9.64. The molecule has 1 unspecified atom stereocenters. The van der Waals surface area contributed by atoms with Crippen molar-refractivity contribution < 1.29 is 18.0 Å². The Hall–Kier alpha value is -3.07. The summed E-state index contributed by atoms with van der Waals surface area (Å²) >= 11 is 12.9. The standard InChI is InChI=1S/C30H33Cl2N3O4S/c1-21-15-17-25(18-16-21)40(38,39)35(28-14-8-7-13-27(28)32)20-29(36)34(19-23-9-3-6-12-26(23)31)22(2)30(37)33-24-10-4-5-11-24/h3,6-9,12-18,22,24H,4-5,10-11,19-20H2,1-2H3,(H,33,37). The Morgan fingerprint density at radius 2 is 1.52 bits per heavy atom. The van der Waals surface area contributed by atoms with Crippen molar-refractivity contribution >= 4 is 50.7 Å². The lowest BCUT2D eigenvalue weighted by atomic mass is 10.1. The van der Waals surface area contributed by atoms with Gasteiger partial charge in [-0.3, -0.25) is 13.9 Å². The fourth-order valence-electron chi connectivity index (χ4n) is 4.79. The molecule has 3 aromatic rings. The van der Waals surface area contributed by atoms with Crippen LogP contribution in [0.1, 0.15) is 43.7 Å². The average Bonchev–Trinajstić information content (AvgIpc) is 3.44. The lowest BCUT2D eigenvalue weighted by Crippen LogP contribution is -2.52. The molecule has 1 aliphatic carbocycles. The van der Waals surface area contributed by atoms with Gasteiger partial charge in [0.1, 0.15) is 12.6 Å². The lowest BCUT2D eigenvalue weighted by molar-refractivity contribution is -0.139. The van der Waals surface area contributed by atoms with E-state index in [2.05, 4.69) is 5.32 Å². The van der Waals surface area contributed by atoms with Gasteiger partial charge in [-0.15, -0.1) is 0 Å². The zero-order valence-electron chi connectivity index (χ0n) is 22.5. The second kappa shape index (κ2) is 13.1. The molecule has 3 aromatic carbocycles. The topological polar surface area (TPSA) is 86.8 Å². The number of carbonyl (C=O) groups is 2. The zero-order chi connectivity index (χ0) is 28.9. The Bertz CT molecular complexity index is 1460. The Morgan fingerprint density at radius 3 is 2.15 bits per heavy atom. The van der Waals surface area contributed by atoms with Crippen molar-refractivity contribution in [1.29, 1.82) is 0 Å². The first-order chi connectivity index (χ1) is 19.1. The summed E-state index contributed by atoms with van der Waals surface area (Å²) in [4.78, 5) is 28.7. The number of anilines is 1. The fraction of sp³-hybridized carbons (Fsp3) is 0.333. The van der Waals surface area contributed by atoms with Gasteiger partial charge in [0.05, 0.1) is 15.6 Å². The normalized spacial score (nSPS) is 14.5. The van der Waals surface area contributed by atoms with Crippen LogP contribution in [0.15, 0.2) is 77.7 Å². The minimum absolute atomic E-state index is 0.0236. The quantitative estimate of drug-likeness (QED) is 0.310. The van der Waals surface area contributed by atoms with E-state index in [9.17, 15) is 18.0 Å². The second-order valence-corrected chi connectivity index (χ2v) is 12.7. The van der Waals surface area contributed by atoms with E-state index in [1.165, 1.54) is 17.0 Å². The molecule has 0 aliphatic heterocycles. The van der Waals surface area contributed by atoms with Crippen LogP contribution in [0.25, 0.3) is 0 Å². The van der Waals surface area contributed by atoms with Crippen molar-refractivity contribution in [2.45, 2.75) is 63.1 Å². The zero-order valence-corrected chi connectivity index (χ0v) is 24.8. The molecule has 0 heterocycles. The molecule has 1 aliphatic rings. The van der Waals surface area contributed by atoms with Crippen molar-refractivity contribution in [3.8, 4) is 0 Å². The molecule has 212 valence electrons. The number of halogens is 2. The van der Waals surface area contributed by atoms with Crippen LogP contribution < -0.4 is 9.62 Å². The molecule has 1 atom stereocenters. The van der Waals surface area contributed by atoms with E-state index in [4.69, 9.17) is 23.2 Å². The van der Waals surface area contributed by atoms with Crippen molar-refractivity contribution in [2.75, 3.05) is 10.8 Å². The van der Waals surface area contributed by atoms with E-state index in [-0.39, 0.29) is 34.1 Å². The number of carbonyl (C=O) groups excluding carboxylic acids is 2. The van der Waals surface area contributed by atoms with Crippen LogP contribution in [0.4, 0.5) is 5.69 Å². The van der Waals surface area contributed by atoms with Crippen LogP contribution in [-0.4, -0.2) is 43.8 Å². The predicted molar refractivity (Wildman–Crippen MR) is 159 cm³/mol. The van der Waals surface area contributed by atoms with Crippen LogP contribution in [0.5, 0.6) is 0 Å². The number of rotatable bonds is 10. The van der Waals surface area contributed by atoms with Gasteiger partial charge in [-0.2, -0.15) is 0 Å². The van der Waals surface area contributed by atoms with Crippen LogP contribution in [0.2, 0.25) is 10.0 Å². The lowest BCUT2D eigenvalue weighted by Gasteiger charge is -2.33. The van der Waals surface area contributed by atoms with Crippen molar-refractivity contribution in [3.63, 3.8) is 0 Å². The monoisotopic (exact) mass is 601 g/mol. The van der Waals surface area contributed by atoms with Gasteiger partial charge in [-0.05, 0) is 62.6 Å². The first-order valence-electron chi connectivity index (χ1n) is 13.2. The number of benzene rings is 3. The Morgan fingerprint density at radius 1 is 0.925 bits per heavy atom. The predicted octanol–water partition coefficient (Wildman–Crippen LogP) is 5.97. The summed E-state index contributed by atoms with van der Waals surface area (Å²) in [6.45, 7) is 2.97. The molecule has 0 spiro atoms. The summed E-state index contributed by atoms with van der Waals surface area (Å²) in [5, 5.41) is 3.67. The van der Waals surface area contributed by atoms with Gasteiger partial charge in [-0.25, -0.2) is 8.42 Å². The van der Waals surface area contributed by atoms with Gasteiger partial charge >= 0.3 is 0 Å². The third kappa shape index (κ3) is 6.97. The highest BCUT2D eigenvalue weighted by molar-refractivity contribution is 7.92. The maximum Gasteiger partial charge on any atom is 0.264 e. The number of amides is 2. The molecule has 40 heavy (non-hydrogen) atoms. The molecule has 1 N–H and O–H groups in total. The first kappa shape index (κ1) is 29.9. The Labute approximate surface area is 246 Å². The smallest absolute Gasteiger partial charge is 0.264 e. The van der Waals surface area contributed by atoms with E-state index in [0.717, 1.165) is 35.6 Å². The molecule has 10 heteroatoms. The molecule has 2 amide bonds. The molecular weight excluding hydrogens is 569 g/mol. The SMILES string of the molecule is Cc1ccc(S(=O)(=O)N(CC(=O)N(Cc2ccccc2Cl)C(C)C(=O)NC2CCCC2)c2ccccc2Cl)cc1. The largest absolute Gasteiger partial charge is 0.352 e. The summed E-state index contributed by atoms with van der Waals surface area (Å²) in [6.07, 6.45) is 3.88. The van der Waals surface area contributed by atoms with Gasteiger partial charge in [0.2, 0.25) is 11.8 Å². The molecule has 0 aromatic heterocycles. The van der Waals surface area contributed by atoms with E-state index in [0.29, 0.717) is 10.6 Å². The molecule has 0 bridgehead atoms. The fourth-order valence-corrected chi connectivity index (χ4v) is 6.71. The molecular formula is C30H33Cl2N3O4S. The number of hydrogen-bond acceptors (Lipinski definition) is 4. The minimum Gasteiger partial charge on any atom is -0.352 e. The maximum atomic E-state index is 14.0. The van der Waals surface area contributed by atoms with E-state index in [1.54, 1.807) is 67.6 Å². The summed E-state index contributed by atoms with van der Waals surface area (Å²) in [7, 11) is -4.19. The molecule has 0 radical (unpaired) electrons. The average molecular weight is 603 g/mol. The van der Waals surface area contributed by atoms with Crippen LogP contribution >= 0.6 is 23.2 Å². The Balaban J connectivity index is 1.70.